The van der Waals surface area contributed by atoms with E-state index in [0.29, 0.717) is 0 Å². The molecule has 0 aliphatic rings. The molecule has 0 aliphatic carbocycles. The van der Waals surface area contributed by atoms with E-state index < -0.39 is 0 Å². The van der Waals surface area contributed by atoms with Crippen LogP contribution in [0.2, 0.25) is 0 Å². The van der Waals surface area contributed by atoms with Crippen molar-refractivity contribution >= 4 is 38.7 Å². The summed E-state index contributed by atoms with van der Waals surface area (Å²) in [5.41, 5.74) is 0. The Labute approximate surface area is 133 Å². The van der Waals surface area contributed by atoms with E-state index in [1.807, 2.05) is 0 Å². The summed E-state index contributed by atoms with van der Waals surface area (Å²) < 4.78 is 0. The van der Waals surface area contributed by atoms with Crippen molar-refractivity contribution in [1.82, 2.24) is 9.97 Å². The number of anilines is 1. The minimum Gasteiger partial charge on any atom is -0.369 e. The molecular weight excluding hydrogens is 298 g/mol. The Hall–Kier alpha value is -1.46. The molecule has 0 atom stereocenters. The molecule has 0 radical (unpaired) electrons. The van der Waals surface area contributed by atoms with Crippen molar-refractivity contribution < 1.29 is 0 Å². The highest BCUT2D eigenvalue weighted by atomic mass is 32.1. The third-order valence-corrected chi connectivity index (χ3v) is 5.51. The van der Waals surface area contributed by atoms with E-state index in [4.69, 9.17) is 0 Å². The molecule has 3 aromatic heterocycles. The molecule has 5 heteroatoms. The zero-order valence-electron chi connectivity index (χ0n) is 12.3. The summed E-state index contributed by atoms with van der Waals surface area (Å²) >= 11 is 3.59. The third-order valence-electron chi connectivity index (χ3n) is 3.40. The summed E-state index contributed by atoms with van der Waals surface area (Å²) in [5.74, 6) is 1.91. The Kier molecular flexibility index (Phi) is 4.51. The first-order chi connectivity index (χ1) is 10.3. The molecule has 0 aromatic carbocycles. The van der Waals surface area contributed by atoms with Gasteiger partial charge in [-0.15, -0.1) is 22.7 Å². The highest BCUT2D eigenvalue weighted by molar-refractivity contribution is 7.18. The van der Waals surface area contributed by atoms with Crippen molar-refractivity contribution in [3.05, 3.63) is 39.2 Å². The topological polar surface area (TPSA) is 37.8 Å². The molecule has 110 valence electrons. The van der Waals surface area contributed by atoms with E-state index in [2.05, 4.69) is 52.7 Å². The van der Waals surface area contributed by atoms with Crippen LogP contribution in [0.1, 0.15) is 29.4 Å². The van der Waals surface area contributed by atoms with Gasteiger partial charge in [-0.05, 0) is 30.4 Å². The molecule has 3 heterocycles. The van der Waals surface area contributed by atoms with Gasteiger partial charge >= 0.3 is 0 Å². The fourth-order valence-corrected chi connectivity index (χ4v) is 3.94. The van der Waals surface area contributed by atoms with Gasteiger partial charge in [0.15, 0.2) is 0 Å². The standard InChI is InChI=1S/C16H19N3S2/c1-3-11-10-13-15(17-8-7-12-6-5-9-20-12)18-14(4-2)19-16(13)21-11/h5-6,9-10H,3-4,7-8H2,1-2H3,(H,17,18,19). The summed E-state index contributed by atoms with van der Waals surface area (Å²) in [6.07, 6.45) is 2.96. The third kappa shape index (κ3) is 3.24. The van der Waals surface area contributed by atoms with Crippen molar-refractivity contribution in [2.24, 2.45) is 0 Å². The van der Waals surface area contributed by atoms with Crippen LogP contribution in [-0.2, 0) is 19.3 Å². The molecule has 0 spiro atoms. The first-order valence-corrected chi connectivity index (χ1v) is 9.05. The predicted molar refractivity (Wildman–Crippen MR) is 92.7 cm³/mol. The van der Waals surface area contributed by atoms with Gasteiger partial charge in [-0.1, -0.05) is 19.9 Å². The minimum atomic E-state index is 0.870. The molecule has 21 heavy (non-hydrogen) atoms. The van der Waals surface area contributed by atoms with Gasteiger partial charge in [0.05, 0.1) is 5.39 Å². The van der Waals surface area contributed by atoms with Crippen LogP contribution < -0.4 is 5.32 Å². The van der Waals surface area contributed by atoms with Crippen molar-refractivity contribution in [3.8, 4) is 0 Å². The van der Waals surface area contributed by atoms with Crippen LogP contribution >= 0.6 is 22.7 Å². The summed E-state index contributed by atoms with van der Waals surface area (Å²) in [6.45, 7) is 5.20. The molecule has 0 saturated carbocycles. The van der Waals surface area contributed by atoms with Gasteiger partial charge in [-0.25, -0.2) is 9.97 Å². The van der Waals surface area contributed by atoms with Crippen LogP contribution in [-0.4, -0.2) is 16.5 Å². The fourth-order valence-electron chi connectivity index (χ4n) is 2.24. The van der Waals surface area contributed by atoms with E-state index in [1.165, 1.54) is 15.1 Å². The van der Waals surface area contributed by atoms with Gasteiger partial charge in [0.1, 0.15) is 16.5 Å². The van der Waals surface area contributed by atoms with Gasteiger partial charge in [0.25, 0.3) is 0 Å². The maximum absolute atomic E-state index is 4.67. The number of nitrogens with one attached hydrogen (secondary N) is 1. The number of nitrogens with zero attached hydrogens (tertiary/aromatic N) is 2. The Balaban J connectivity index is 1.83. The largest absolute Gasteiger partial charge is 0.369 e. The highest BCUT2D eigenvalue weighted by Crippen LogP contribution is 2.29. The Morgan fingerprint density at radius 3 is 2.76 bits per heavy atom. The smallest absolute Gasteiger partial charge is 0.138 e. The Morgan fingerprint density at radius 1 is 1.14 bits per heavy atom. The van der Waals surface area contributed by atoms with Crippen LogP contribution in [0.15, 0.2) is 23.6 Å². The monoisotopic (exact) mass is 317 g/mol. The Bertz CT molecular complexity index is 717. The lowest BCUT2D eigenvalue weighted by Crippen LogP contribution is -2.07. The lowest BCUT2D eigenvalue weighted by atomic mass is 10.3. The van der Waals surface area contributed by atoms with Gasteiger partial charge < -0.3 is 5.32 Å². The van der Waals surface area contributed by atoms with Gasteiger partial charge in [0.2, 0.25) is 0 Å². The average Bonchev–Trinajstić information content (AvgIpc) is 3.15. The van der Waals surface area contributed by atoms with Crippen LogP contribution in [0.3, 0.4) is 0 Å². The highest BCUT2D eigenvalue weighted by Gasteiger charge is 2.10. The van der Waals surface area contributed by atoms with E-state index in [1.54, 1.807) is 22.7 Å². The van der Waals surface area contributed by atoms with E-state index in [-0.39, 0.29) is 0 Å². The number of hydrogen-bond acceptors (Lipinski definition) is 5. The molecule has 1 N–H and O–H groups in total. The van der Waals surface area contributed by atoms with Crippen LogP contribution in [0.5, 0.6) is 0 Å². The number of rotatable bonds is 6. The normalized spacial score (nSPS) is 11.1. The first-order valence-electron chi connectivity index (χ1n) is 7.35. The number of thiophene rings is 2. The molecule has 0 fully saturated rings. The van der Waals surface area contributed by atoms with E-state index >= 15 is 0 Å². The van der Waals surface area contributed by atoms with Crippen molar-refractivity contribution in [3.63, 3.8) is 0 Å². The Morgan fingerprint density at radius 2 is 2.05 bits per heavy atom. The molecule has 0 saturated heterocycles. The zero-order chi connectivity index (χ0) is 14.7. The van der Waals surface area contributed by atoms with E-state index in [9.17, 15) is 0 Å². The maximum Gasteiger partial charge on any atom is 0.138 e. The summed E-state index contributed by atoms with van der Waals surface area (Å²) in [4.78, 5) is 13.2. The van der Waals surface area contributed by atoms with Gasteiger partial charge in [-0.2, -0.15) is 0 Å². The molecule has 3 aromatic rings. The lowest BCUT2D eigenvalue weighted by Gasteiger charge is -2.07. The van der Waals surface area contributed by atoms with Gasteiger partial charge in [0, 0.05) is 22.7 Å². The minimum absolute atomic E-state index is 0.870. The lowest BCUT2D eigenvalue weighted by molar-refractivity contribution is 0.950. The molecule has 0 aliphatic heterocycles. The van der Waals surface area contributed by atoms with Crippen molar-refractivity contribution in [2.45, 2.75) is 33.1 Å². The van der Waals surface area contributed by atoms with Gasteiger partial charge in [-0.3, -0.25) is 0 Å². The summed E-state index contributed by atoms with van der Waals surface area (Å²) in [6, 6.07) is 6.51. The molecular formula is C16H19N3S2. The molecule has 0 amide bonds. The van der Waals surface area contributed by atoms with Crippen molar-refractivity contribution in [1.29, 1.82) is 0 Å². The number of aryl methyl sites for hydroxylation is 2. The molecule has 0 unspecified atom stereocenters. The average molecular weight is 317 g/mol. The molecule has 0 bridgehead atoms. The van der Waals surface area contributed by atoms with E-state index in [0.717, 1.165) is 42.3 Å². The summed E-state index contributed by atoms with van der Waals surface area (Å²) in [5, 5.41) is 6.79. The quantitative estimate of drug-likeness (QED) is 0.725. The molecule has 3 rings (SSSR count). The number of hydrogen-bond donors (Lipinski definition) is 1. The first kappa shape index (κ1) is 14.5. The van der Waals surface area contributed by atoms with Crippen LogP contribution in [0, 0.1) is 0 Å². The molecule has 3 nitrogen and oxygen atoms in total. The van der Waals surface area contributed by atoms with Crippen LogP contribution in [0.25, 0.3) is 10.2 Å². The zero-order valence-corrected chi connectivity index (χ0v) is 14.0. The number of aromatic nitrogens is 2. The predicted octanol–water partition coefficient (Wildman–Crippen LogP) is 4.53. The van der Waals surface area contributed by atoms with Crippen molar-refractivity contribution in [2.75, 3.05) is 11.9 Å². The second-order valence-corrected chi connectivity index (χ2v) is 7.03. The van der Waals surface area contributed by atoms with Crippen LogP contribution in [0.4, 0.5) is 5.82 Å². The second kappa shape index (κ2) is 6.54. The second-order valence-electron chi connectivity index (χ2n) is 4.88. The maximum atomic E-state index is 4.67. The fraction of sp³-hybridized carbons (Fsp3) is 0.375. The number of fused-ring (bicyclic) bond motifs is 1. The SMILES string of the molecule is CCc1nc(NCCc2cccs2)c2cc(CC)sc2n1. The summed E-state index contributed by atoms with van der Waals surface area (Å²) in [7, 11) is 0.